The molecule has 0 unspecified atom stereocenters. The zero-order valence-corrected chi connectivity index (χ0v) is 7.86. The highest BCUT2D eigenvalue weighted by Gasteiger charge is 2.12. The third-order valence-electron chi connectivity index (χ3n) is 1.81. The number of hydrogen-bond acceptors (Lipinski definition) is 3. The highest BCUT2D eigenvalue weighted by atomic mass is 32.2. The summed E-state index contributed by atoms with van der Waals surface area (Å²) in [5.74, 6) is 1.13. The Morgan fingerprint density at radius 1 is 1.45 bits per heavy atom. The van der Waals surface area contributed by atoms with Crippen molar-refractivity contribution in [3.05, 3.63) is 0 Å². The lowest BCUT2D eigenvalue weighted by Gasteiger charge is -2.21. The third kappa shape index (κ3) is 3.99. The van der Waals surface area contributed by atoms with Gasteiger partial charge in [0.05, 0.1) is 6.61 Å². The summed E-state index contributed by atoms with van der Waals surface area (Å²) in [6, 6.07) is 0. The van der Waals surface area contributed by atoms with Crippen molar-refractivity contribution in [1.29, 1.82) is 0 Å². The molecule has 0 amide bonds. The van der Waals surface area contributed by atoms with Gasteiger partial charge in [-0.15, -0.1) is 0 Å². The molecule has 0 aliphatic carbocycles. The Hall–Kier alpha value is 0.270. The Bertz CT molecular complexity index is 92.1. The van der Waals surface area contributed by atoms with Crippen LogP contribution in [-0.2, 0) is 9.47 Å². The predicted molar refractivity (Wildman–Crippen MR) is 48.2 cm³/mol. The van der Waals surface area contributed by atoms with Gasteiger partial charge in [0.15, 0.2) is 0 Å². The Labute approximate surface area is 72.6 Å². The highest BCUT2D eigenvalue weighted by Crippen LogP contribution is 2.21. The zero-order valence-electron chi connectivity index (χ0n) is 7.04. The molecule has 0 saturated carbocycles. The minimum atomic E-state index is 0.818. The first kappa shape index (κ1) is 9.36. The van der Waals surface area contributed by atoms with Gasteiger partial charge in [0.1, 0.15) is 0 Å². The topological polar surface area (TPSA) is 18.5 Å². The minimum absolute atomic E-state index is 0.818. The summed E-state index contributed by atoms with van der Waals surface area (Å²) >= 11 is 2.02. The second-order valence-corrected chi connectivity index (χ2v) is 4.08. The van der Waals surface area contributed by atoms with Gasteiger partial charge in [-0.05, 0) is 12.8 Å². The summed E-state index contributed by atoms with van der Waals surface area (Å²) in [6.07, 6.45) is 2.43. The molecule has 1 aliphatic rings. The van der Waals surface area contributed by atoms with Crippen LogP contribution in [0.3, 0.4) is 0 Å². The van der Waals surface area contributed by atoms with Gasteiger partial charge in [0, 0.05) is 31.3 Å². The van der Waals surface area contributed by atoms with Crippen LogP contribution in [0.1, 0.15) is 12.8 Å². The van der Waals surface area contributed by atoms with Crippen LogP contribution >= 0.6 is 11.8 Å². The van der Waals surface area contributed by atoms with Crippen LogP contribution < -0.4 is 0 Å². The average Bonchev–Trinajstić information content (AvgIpc) is 2.07. The first-order valence-corrected chi connectivity index (χ1v) is 5.16. The summed E-state index contributed by atoms with van der Waals surface area (Å²) in [7, 11) is 1.75. The molecule has 0 bridgehead atoms. The fourth-order valence-electron chi connectivity index (χ4n) is 1.14. The summed E-state index contributed by atoms with van der Waals surface area (Å²) < 4.78 is 10.2. The van der Waals surface area contributed by atoms with Gasteiger partial charge in [-0.1, -0.05) is 0 Å². The molecule has 0 spiro atoms. The summed E-state index contributed by atoms with van der Waals surface area (Å²) in [5.41, 5.74) is 0. The van der Waals surface area contributed by atoms with Crippen LogP contribution in [0.15, 0.2) is 0 Å². The van der Waals surface area contributed by atoms with Crippen LogP contribution in [-0.4, -0.2) is 37.9 Å². The van der Waals surface area contributed by atoms with E-state index in [0.717, 1.165) is 30.8 Å². The normalized spacial score (nSPS) is 20.5. The first-order chi connectivity index (χ1) is 5.43. The molecule has 1 saturated heterocycles. The maximum atomic E-state index is 5.26. The Morgan fingerprint density at radius 2 is 2.18 bits per heavy atom. The summed E-state index contributed by atoms with van der Waals surface area (Å²) in [5, 5.41) is 0.818. The van der Waals surface area contributed by atoms with Crippen LogP contribution in [0, 0.1) is 0 Å². The molecule has 3 heteroatoms. The minimum Gasteiger partial charge on any atom is -0.384 e. The van der Waals surface area contributed by atoms with Gasteiger partial charge in [-0.3, -0.25) is 0 Å². The molecule has 1 heterocycles. The van der Waals surface area contributed by atoms with E-state index in [0.29, 0.717) is 0 Å². The molecule has 0 aromatic heterocycles. The summed E-state index contributed by atoms with van der Waals surface area (Å²) in [6.45, 7) is 2.78. The van der Waals surface area contributed by atoms with Crippen molar-refractivity contribution >= 4 is 11.8 Å². The van der Waals surface area contributed by atoms with Gasteiger partial charge in [-0.2, -0.15) is 11.8 Å². The van der Waals surface area contributed by atoms with Gasteiger partial charge < -0.3 is 9.47 Å². The van der Waals surface area contributed by atoms with Crippen molar-refractivity contribution in [1.82, 2.24) is 0 Å². The molecule has 1 fully saturated rings. The third-order valence-corrected chi connectivity index (χ3v) is 3.15. The molecular weight excluding hydrogens is 160 g/mol. The van der Waals surface area contributed by atoms with E-state index in [1.54, 1.807) is 7.11 Å². The van der Waals surface area contributed by atoms with E-state index < -0.39 is 0 Å². The number of rotatable bonds is 4. The number of hydrogen-bond donors (Lipinski definition) is 0. The predicted octanol–water partition coefficient (Wildman–Crippen LogP) is 1.54. The quantitative estimate of drug-likeness (QED) is 0.605. The van der Waals surface area contributed by atoms with Gasteiger partial charge >= 0.3 is 0 Å². The van der Waals surface area contributed by atoms with E-state index in [-0.39, 0.29) is 0 Å². The van der Waals surface area contributed by atoms with Crippen LogP contribution in [0.5, 0.6) is 0 Å². The number of methoxy groups -OCH3 is 1. The zero-order chi connectivity index (χ0) is 7.94. The molecule has 11 heavy (non-hydrogen) atoms. The van der Waals surface area contributed by atoms with Gasteiger partial charge in [0.25, 0.3) is 0 Å². The van der Waals surface area contributed by atoms with Crippen molar-refractivity contribution in [3.63, 3.8) is 0 Å². The van der Waals surface area contributed by atoms with Gasteiger partial charge in [0.2, 0.25) is 0 Å². The van der Waals surface area contributed by atoms with Crippen molar-refractivity contribution in [2.75, 3.05) is 32.7 Å². The lowest BCUT2D eigenvalue weighted by atomic mass is 10.2. The second kappa shape index (κ2) is 5.86. The highest BCUT2D eigenvalue weighted by molar-refractivity contribution is 7.99. The van der Waals surface area contributed by atoms with E-state index in [1.165, 1.54) is 12.8 Å². The molecule has 0 atom stereocenters. The van der Waals surface area contributed by atoms with E-state index >= 15 is 0 Å². The molecule has 0 radical (unpaired) electrons. The molecular formula is C8H16O2S. The van der Waals surface area contributed by atoms with E-state index in [4.69, 9.17) is 9.47 Å². The van der Waals surface area contributed by atoms with Crippen molar-refractivity contribution in [2.45, 2.75) is 18.1 Å². The molecule has 0 aromatic rings. The lowest BCUT2D eigenvalue weighted by molar-refractivity contribution is 0.0999. The maximum absolute atomic E-state index is 5.26. The van der Waals surface area contributed by atoms with Crippen LogP contribution in [0.4, 0.5) is 0 Å². The fraction of sp³-hybridized carbons (Fsp3) is 1.00. The number of thioether (sulfide) groups is 1. The maximum Gasteiger partial charge on any atom is 0.0553 e. The van der Waals surface area contributed by atoms with E-state index in [1.807, 2.05) is 11.8 Å². The van der Waals surface area contributed by atoms with Crippen molar-refractivity contribution in [2.24, 2.45) is 0 Å². The standard InChI is InChI=1S/C8H16O2S/c1-9-6-7-11-8-2-4-10-5-3-8/h8H,2-7H2,1H3. The Balaban J connectivity index is 1.96. The molecule has 1 rings (SSSR count). The van der Waals surface area contributed by atoms with Crippen molar-refractivity contribution in [3.8, 4) is 0 Å². The van der Waals surface area contributed by atoms with E-state index in [9.17, 15) is 0 Å². The Kier molecular flexibility index (Phi) is 4.99. The molecule has 1 aliphatic heterocycles. The molecule has 0 N–H and O–H groups in total. The summed E-state index contributed by atoms with van der Waals surface area (Å²) in [4.78, 5) is 0. The largest absolute Gasteiger partial charge is 0.384 e. The average molecular weight is 176 g/mol. The first-order valence-electron chi connectivity index (χ1n) is 4.12. The fourth-order valence-corrected chi connectivity index (χ4v) is 2.26. The Morgan fingerprint density at radius 3 is 2.82 bits per heavy atom. The monoisotopic (exact) mass is 176 g/mol. The lowest BCUT2D eigenvalue weighted by Crippen LogP contribution is -2.18. The van der Waals surface area contributed by atoms with Crippen LogP contribution in [0.25, 0.3) is 0 Å². The number of ether oxygens (including phenoxy) is 2. The van der Waals surface area contributed by atoms with Crippen LogP contribution in [0.2, 0.25) is 0 Å². The molecule has 66 valence electrons. The molecule has 0 aromatic carbocycles. The molecule has 2 nitrogen and oxygen atoms in total. The smallest absolute Gasteiger partial charge is 0.0553 e. The second-order valence-electron chi connectivity index (χ2n) is 2.68. The van der Waals surface area contributed by atoms with Crippen molar-refractivity contribution < 1.29 is 9.47 Å². The van der Waals surface area contributed by atoms with E-state index in [2.05, 4.69) is 0 Å². The SMILES string of the molecule is COCCSC1CCOCC1. The van der Waals surface area contributed by atoms with Gasteiger partial charge in [-0.25, -0.2) is 0 Å².